The third kappa shape index (κ3) is 3.48. The van der Waals surface area contributed by atoms with Gasteiger partial charge >= 0.3 is 5.97 Å². The van der Waals surface area contributed by atoms with E-state index in [4.69, 9.17) is 0 Å². The summed E-state index contributed by atoms with van der Waals surface area (Å²) in [6.07, 6.45) is 3.19. The van der Waals surface area contributed by atoms with E-state index in [1.165, 1.54) is 32.5 Å². The van der Waals surface area contributed by atoms with Crippen molar-refractivity contribution in [2.24, 2.45) is 11.3 Å². The highest BCUT2D eigenvalue weighted by Crippen LogP contribution is 2.33. The van der Waals surface area contributed by atoms with Crippen LogP contribution in [-0.2, 0) is 4.79 Å². The number of nitrogens with zero attached hydrogens (tertiary/aromatic N) is 2. The summed E-state index contributed by atoms with van der Waals surface area (Å²) in [7, 11) is 0. The number of carbonyl (C=O) groups is 1. The van der Waals surface area contributed by atoms with Gasteiger partial charge in [0, 0.05) is 19.1 Å². The van der Waals surface area contributed by atoms with Gasteiger partial charge in [-0.15, -0.1) is 0 Å². The van der Waals surface area contributed by atoms with Crippen molar-refractivity contribution in [3.63, 3.8) is 0 Å². The van der Waals surface area contributed by atoms with Crippen LogP contribution in [0.4, 0.5) is 0 Å². The van der Waals surface area contributed by atoms with Crippen molar-refractivity contribution in [1.82, 2.24) is 9.80 Å². The second kappa shape index (κ2) is 5.80. The monoisotopic (exact) mass is 268 g/mol. The minimum absolute atomic E-state index is 0.519. The van der Waals surface area contributed by atoms with Crippen LogP contribution in [-0.4, -0.2) is 59.6 Å². The molecule has 0 aromatic rings. The molecule has 0 aromatic heterocycles. The van der Waals surface area contributed by atoms with Gasteiger partial charge in [0.1, 0.15) is 0 Å². The Hall–Kier alpha value is -0.610. The average molecular weight is 268 g/mol. The Bertz CT molecular complexity index is 324. The van der Waals surface area contributed by atoms with Crippen LogP contribution >= 0.6 is 0 Å². The van der Waals surface area contributed by atoms with Crippen molar-refractivity contribution in [3.05, 3.63) is 0 Å². The molecule has 1 atom stereocenters. The highest BCUT2D eigenvalue weighted by atomic mass is 16.4. The molecule has 0 aliphatic carbocycles. The molecular formula is C15H28N2O2. The minimum Gasteiger partial charge on any atom is -0.481 e. The van der Waals surface area contributed by atoms with Crippen LogP contribution in [0.3, 0.4) is 0 Å². The summed E-state index contributed by atoms with van der Waals surface area (Å²) >= 11 is 0. The van der Waals surface area contributed by atoms with E-state index in [-0.39, 0.29) is 0 Å². The van der Waals surface area contributed by atoms with Gasteiger partial charge in [0.05, 0.1) is 5.41 Å². The Morgan fingerprint density at radius 2 is 1.95 bits per heavy atom. The number of rotatable bonds is 4. The fraction of sp³-hybridized carbons (Fsp3) is 0.933. The first-order chi connectivity index (χ1) is 8.90. The predicted molar refractivity (Wildman–Crippen MR) is 76.2 cm³/mol. The average Bonchev–Trinajstić information content (AvgIpc) is 2.74. The maximum atomic E-state index is 11.3. The lowest BCUT2D eigenvalue weighted by Crippen LogP contribution is -2.45. The quantitative estimate of drug-likeness (QED) is 0.846. The second-order valence-electron chi connectivity index (χ2n) is 7.01. The molecular weight excluding hydrogens is 240 g/mol. The Balaban J connectivity index is 1.81. The van der Waals surface area contributed by atoms with Crippen molar-refractivity contribution in [2.45, 2.75) is 46.1 Å². The Morgan fingerprint density at radius 3 is 2.42 bits per heavy atom. The summed E-state index contributed by atoms with van der Waals surface area (Å²) in [6.45, 7) is 11.7. The van der Waals surface area contributed by atoms with Crippen LogP contribution in [0.15, 0.2) is 0 Å². The van der Waals surface area contributed by atoms with Crippen LogP contribution in [0.5, 0.6) is 0 Å². The molecule has 4 nitrogen and oxygen atoms in total. The number of piperidine rings is 1. The molecule has 0 bridgehead atoms. The van der Waals surface area contributed by atoms with E-state index in [9.17, 15) is 9.90 Å². The number of aliphatic carboxylic acids is 1. The molecule has 2 rings (SSSR count). The lowest BCUT2D eigenvalue weighted by molar-refractivity contribution is -0.147. The zero-order chi connectivity index (χ0) is 14.0. The standard InChI is InChI=1S/C15H28N2O2/c1-12(2)10-16-7-4-13(5-8-16)17-9-6-15(3,11-17)14(18)19/h12-13H,4-11H2,1-3H3,(H,18,19). The van der Waals surface area contributed by atoms with Crippen molar-refractivity contribution >= 4 is 5.97 Å². The summed E-state index contributed by atoms with van der Waals surface area (Å²) in [5, 5.41) is 9.29. The van der Waals surface area contributed by atoms with Gasteiger partial charge < -0.3 is 10.0 Å². The molecule has 110 valence electrons. The van der Waals surface area contributed by atoms with Gasteiger partial charge in [-0.3, -0.25) is 9.69 Å². The molecule has 4 heteroatoms. The van der Waals surface area contributed by atoms with Crippen LogP contribution in [0.2, 0.25) is 0 Å². The molecule has 1 N–H and O–H groups in total. The van der Waals surface area contributed by atoms with Crippen LogP contribution in [0.1, 0.15) is 40.0 Å². The molecule has 1 unspecified atom stereocenters. The van der Waals surface area contributed by atoms with E-state index < -0.39 is 11.4 Å². The molecule has 0 aromatic carbocycles. The zero-order valence-corrected chi connectivity index (χ0v) is 12.6. The fourth-order valence-electron chi connectivity index (χ4n) is 3.47. The molecule has 2 aliphatic rings. The third-order valence-electron chi connectivity index (χ3n) is 4.72. The summed E-state index contributed by atoms with van der Waals surface area (Å²) < 4.78 is 0. The molecule has 2 saturated heterocycles. The largest absolute Gasteiger partial charge is 0.481 e. The minimum atomic E-state index is -0.632. The van der Waals surface area contributed by atoms with Gasteiger partial charge in [0.15, 0.2) is 0 Å². The van der Waals surface area contributed by atoms with E-state index in [2.05, 4.69) is 23.6 Å². The molecule has 0 saturated carbocycles. The number of hydrogen-bond acceptors (Lipinski definition) is 3. The number of carboxylic acid groups (broad SMARTS) is 1. The van der Waals surface area contributed by atoms with Gasteiger partial charge in [-0.25, -0.2) is 0 Å². The SMILES string of the molecule is CC(C)CN1CCC(N2CCC(C)(C(=O)O)C2)CC1. The number of hydrogen-bond donors (Lipinski definition) is 1. The Labute approximate surface area is 116 Å². The first kappa shape index (κ1) is 14.8. The number of likely N-dealkylation sites (tertiary alicyclic amines) is 2. The van der Waals surface area contributed by atoms with E-state index in [0.717, 1.165) is 25.4 Å². The highest BCUT2D eigenvalue weighted by molar-refractivity contribution is 5.74. The molecule has 0 amide bonds. The summed E-state index contributed by atoms with van der Waals surface area (Å²) in [4.78, 5) is 16.3. The molecule has 0 radical (unpaired) electrons. The fourth-order valence-corrected chi connectivity index (χ4v) is 3.47. The lowest BCUT2D eigenvalue weighted by atomic mass is 9.90. The normalized spacial score (nSPS) is 31.2. The first-order valence-electron chi connectivity index (χ1n) is 7.60. The molecule has 2 heterocycles. The number of carboxylic acids is 1. The van der Waals surface area contributed by atoms with E-state index in [1.54, 1.807) is 0 Å². The van der Waals surface area contributed by atoms with Gasteiger partial charge in [-0.05, 0) is 51.7 Å². The third-order valence-corrected chi connectivity index (χ3v) is 4.72. The molecule has 19 heavy (non-hydrogen) atoms. The highest BCUT2D eigenvalue weighted by Gasteiger charge is 2.42. The Kier molecular flexibility index (Phi) is 4.51. The van der Waals surface area contributed by atoms with Crippen LogP contribution in [0, 0.1) is 11.3 Å². The van der Waals surface area contributed by atoms with Gasteiger partial charge in [-0.1, -0.05) is 13.8 Å². The predicted octanol–water partition coefficient (Wildman–Crippen LogP) is 1.90. The van der Waals surface area contributed by atoms with Crippen molar-refractivity contribution in [3.8, 4) is 0 Å². The summed E-state index contributed by atoms with van der Waals surface area (Å²) in [5.41, 5.74) is -0.519. The van der Waals surface area contributed by atoms with Crippen molar-refractivity contribution in [2.75, 3.05) is 32.7 Å². The molecule has 2 fully saturated rings. The van der Waals surface area contributed by atoms with Gasteiger partial charge in [-0.2, -0.15) is 0 Å². The van der Waals surface area contributed by atoms with Crippen LogP contribution in [0.25, 0.3) is 0 Å². The Morgan fingerprint density at radius 1 is 1.32 bits per heavy atom. The topological polar surface area (TPSA) is 43.8 Å². The summed E-state index contributed by atoms with van der Waals surface area (Å²) in [5.74, 6) is 0.103. The van der Waals surface area contributed by atoms with Crippen molar-refractivity contribution in [1.29, 1.82) is 0 Å². The maximum absolute atomic E-state index is 11.3. The first-order valence-corrected chi connectivity index (χ1v) is 7.60. The van der Waals surface area contributed by atoms with Gasteiger partial charge in [0.25, 0.3) is 0 Å². The zero-order valence-electron chi connectivity index (χ0n) is 12.6. The smallest absolute Gasteiger partial charge is 0.310 e. The molecule has 0 spiro atoms. The van der Waals surface area contributed by atoms with E-state index in [1.807, 2.05) is 6.92 Å². The van der Waals surface area contributed by atoms with E-state index >= 15 is 0 Å². The molecule has 2 aliphatic heterocycles. The van der Waals surface area contributed by atoms with Gasteiger partial charge in [0.2, 0.25) is 0 Å². The van der Waals surface area contributed by atoms with E-state index in [0.29, 0.717) is 6.04 Å². The van der Waals surface area contributed by atoms with Crippen LogP contribution < -0.4 is 0 Å². The summed E-state index contributed by atoms with van der Waals surface area (Å²) in [6, 6.07) is 0.601. The lowest BCUT2D eigenvalue weighted by Gasteiger charge is -2.37. The second-order valence-corrected chi connectivity index (χ2v) is 7.01. The van der Waals surface area contributed by atoms with Crippen molar-refractivity contribution < 1.29 is 9.90 Å². The maximum Gasteiger partial charge on any atom is 0.310 e.